The Hall–Kier alpha value is -0.710. The van der Waals surface area contributed by atoms with E-state index in [0.717, 1.165) is 21.0 Å². The van der Waals surface area contributed by atoms with Crippen molar-refractivity contribution in [1.29, 1.82) is 0 Å². The summed E-state index contributed by atoms with van der Waals surface area (Å²) in [5.74, 6) is 1.69. The number of benzene rings is 1. The smallest absolute Gasteiger partial charge is 0.118 e. The molecule has 0 amide bonds. The summed E-state index contributed by atoms with van der Waals surface area (Å²) in [4.78, 5) is 4.26. The molecule has 2 aromatic rings. The highest BCUT2D eigenvalue weighted by molar-refractivity contribution is 9.10. The molecule has 18 heavy (non-hydrogen) atoms. The second-order valence-corrected chi connectivity index (χ2v) is 5.75. The van der Waals surface area contributed by atoms with Crippen LogP contribution >= 0.6 is 39.3 Å². The zero-order valence-electron chi connectivity index (χ0n) is 9.69. The maximum Gasteiger partial charge on any atom is 0.118 e. The predicted octanol–water partition coefficient (Wildman–Crippen LogP) is 4.80. The van der Waals surface area contributed by atoms with Crippen LogP contribution in [0, 0.1) is 0 Å². The van der Waals surface area contributed by atoms with E-state index in [1.165, 1.54) is 5.56 Å². The lowest BCUT2D eigenvalue weighted by molar-refractivity contribution is 0.414. The second kappa shape index (κ2) is 6.45. The molecule has 0 atom stereocenters. The molecular weight excluding hydrogens is 334 g/mol. The molecule has 1 heterocycles. The summed E-state index contributed by atoms with van der Waals surface area (Å²) in [6, 6.07) is 9.81. The Morgan fingerprint density at radius 2 is 2.00 bits per heavy atom. The lowest BCUT2D eigenvalue weighted by atomic mass is 10.2. The van der Waals surface area contributed by atoms with Crippen molar-refractivity contribution in [3.8, 4) is 5.75 Å². The van der Waals surface area contributed by atoms with Gasteiger partial charge in [-0.1, -0.05) is 23.7 Å². The van der Waals surface area contributed by atoms with Gasteiger partial charge in [0, 0.05) is 16.4 Å². The summed E-state index contributed by atoms with van der Waals surface area (Å²) < 4.78 is 5.99. The standard InChI is InChI=1S/C13H11BrClNOS/c1-17-10-4-2-9(3-5-10)8-18-13-12(15)11(14)6-7-16-13/h2-7H,8H2,1H3. The van der Waals surface area contributed by atoms with E-state index < -0.39 is 0 Å². The van der Waals surface area contributed by atoms with E-state index in [1.807, 2.05) is 30.3 Å². The number of thioether (sulfide) groups is 1. The predicted molar refractivity (Wildman–Crippen MR) is 79.5 cm³/mol. The zero-order valence-corrected chi connectivity index (χ0v) is 12.8. The summed E-state index contributed by atoms with van der Waals surface area (Å²) in [6.07, 6.45) is 1.74. The minimum Gasteiger partial charge on any atom is -0.497 e. The number of hydrogen-bond acceptors (Lipinski definition) is 3. The third kappa shape index (κ3) is 3.40. The van der Waals surface area contributed by atoms with Gasteiger partial charge in [-0.3, -0.25) is 0 Å². The Bertz CT molecular complexity index is 533. The van der Waals surface area contributed by atoms with Crippen LogP contribution < -0.4 is 4.74 Å². The molecule has 0 saturated heterocycles. The molecule has 5 heteroatoms. The van der Waals surface area contributed by atoms with Crippen molar-refractivity contribution in [1.82, 2.24) is 4.98 Å². The van der Waals surface area contributed by atoms with Gasteiger partial charge in [-0.05, 0) is 39.7 Å². The van der Waals surface area contributed by atoms with Gasteiger partial charge in [0.15, 0.2) is 0 Å². The number of hydrogen-bond donors (Lipinski definition) is 0. The fourth-order valence-electron chi connectivity index (χ4n) is 1.38. The molecule has 2 rings (SSSR count). The molecule has 2 nitrogen and oxygen atoms in total. The molecule has 1 aromatic carbocycles. The molecule has 0 N–H and O–H groups in total. The van der Waals surface area contributed by atoms with Crippen LogP contribution in [0.4, 0.5) is 0 Å². The molecular formula is C13H11BrClNOS. The van der Waals surface area contributed by atoms with Crippen molar-refractivity contribution >= 4 is 39.3 Å². The van der Waals surface area contributed by atoms with Crippen LogP contribution in [0.25, 0.3) is 0 Å². The van der Waals surface area contributed by atoms with Gasteiger partial charge >= 0.3 is 0 Å². The summed E-state index contributed by atoms with van der Waals surface area (Å²) >= 11 is 11.2. The van der Waals surface area contributed by atoms with Crippen LogP contribution in [0.5, 0.6) is 5.75 Å². The van der Waals surface area contributed by atoms with Gasteiger partial charge in [0.2, 0.25) is 0 Å². The van der Waals surface area contributed by atoms with E-state index in [2.05, 4.69) is 20.9 Å². The van der Waals surface area contributed by atoms with Crippen LogP contribution in [0.1, 0.15) is 5.56 Å². The Kier molecular flexibility index (Phi) is 4.92. The quantitative estimate of drug-likeness (QED) is 0.744. The molecule has 0 fully saturated rings. The monoisotopic (exact) mass is 343 g/mol. The molecule has 0 aliphatic heterocycles. The van der Waals surface area contributed by atoms with E-state index in [-0.39, 0.29) is 0 Å². The third-order valence-electron chi connectivity index (χ3n) is 2.34. The molecule has 0 saturated carbocycles. The van der Waals surface area contributed by atoms with Crippen molar-refractivity contribution < 1.29 is 4.74 Å². The van der Waals surface area contributed by atoms with Crippen LogP contribution in [-0.2, 0) is 5.75 Å². The molecule has 0 radical (unpaired) electrons. The summed E-state index contributed by atoms with van der Waals surface area (Å²) in [7, 11) is 1.66. The number of pyridine rings is 1. The maximum absolute atomic E-state index is 6.16. The highest BCUT2D eigenvalue weighted by Crippen LogP contribution is 2.32. The minimum absolute atomic E-state index is 0.663. The topological polar surface area (TPSA) is 22.1 Å². The van der Waals surface area contributed by atoms with Gasteiger partial charge in [0.05, 0.1) is 12.1 Å². The van der Waals surface area contributed by atoms with Gasteiger partial charge in [-0.2, -0.15) is 0 Å². The van der Waals surface area contributed by atoms with E-state index in [1.54, 1.807) is 25.1 Å². The molecule has 94 valence electrons. The Morgan fingerprint density at radius 3 is 2.67 bits per heavy atom. The molecule has 0 bridgehead atoms. The molecule has 0 spiro atoms. The van der Waals surface area contributed by atoms with Crippen molar-refractivity contribution in [2.75, 3.05) is 7.11 Å². The van der Waals surface area contributed by atoms with E-state index in [4.69, 9.17) is 16.3 Å². The van der Waals surface area contributed by atoms with E-state index >= 15 is 0 Å². The summed E-state index contributed by atoms with van der Waals surface area (Å²) in [5, 5.41) is 1.50. The normalized spacial score (nSPS) is 10.4. The highest BCUT2D eigenvalue weighted by atomic mass is 79.9. The van der Waals surface area contributed by atoms with Crippen molar-refractivity contribution in [3.05, 3.63) is 51.6 Å². The van der Waals surface area contributed by atoms with E-state index in [9.17, 15) is 0 Å². The zero-order chi connectivity index (χ0) is 13.0. The lowest BCUT2D eigenvalue weighted by Crippen LogP contribution is -1.86. The fourth-order valence-corrected chi connectivity index (χ4v) is 2.96. The fraction of sp³-hybridized carbons (Fsp3) is 0.154. The SMILES string of the molecule is COc1ccc(CSc2nccc(Br)c2Cl)cc1. The highest BCUT2D eigenvalue weighted by Gasteiger charge is 2.06. The van der Waals surface area contributed by atoms with Gasteiger partial charge < -0.3 is 4.74 Å². The average molecular weight is 345 g/mol. The first-order valence-electron chi connectivity index (χ1n) is 5.26. The van der Waals surface area contributed by atoms with Crippen LogP contribution in [-0.4, -0.2) is 12.1 Å². The number of methoxy groups -OCH3 is 1. The summed E-state index contributed by atoms with van der Waals surface area (Å²) in [5.41, 5.74) is 1.21. The van der Waals surface area contributed by atoms with Crippen molar-refractivity contribution in [3.63, 3.8) is 0 Å². The average Bonchev–Trinajstić information content (AvgIpc) is 2.41. The molecule has 0 aliphatic rings. The second-order valence-electron chi connectivity index (χ2n) is 3.55. The van der Waals surface area contributed by atoms with Crippen molar-refractivity contribution in [2.24, 2.45) is 0 Å². The van der Waals surface area contributed by atoms with Gasteiger partial charge in [-0.25, -0.2) is 4.98 Å². The van der Waals surface area contributed by atoms with E-state index in [0.29, 0.717) is 5.02 Å². The van der Waals surface area contributed by atoms with Crippen molar-refractivity contribution in [2.45, 2.75) is 10.8 Å². The number of nitrogens with zero attached hydrogens (tertiary/aromatic N) is 1. The molecule has 0 unspecified atom stereocenters. The lowest BCUT2D eigenvalue weighted by Gasteiger charge is -2.05. The minimum atomic E-state index is 0.663. The first kappa shape index (κ1) is 13.7. The third-order valence-corrected chi connectivity index (χ3v) is 4.79. The Morgan fingerprint density at radius 1 is 1.28 bits per heavy atom. The van der Waals surface area contributed by atoms with Crippen LogP contribution in [0.15, 0.2) is 46.0 Å². The van der Waals surface area contributed by atoms with Gasteiger partial charge in [0.25, 0.3) is 0 Å². The molecule has 0 aliphatic carbocycles. The number of rotatable bonds is 4. The maximum atomic E-state index is 6.16. The number of aromatic nitrogens is 1. The van der Waals surface area contributed by atoms with Crippen LogP contribution in [0.3, 0.4) is 0 Å². The first-order chi connectivity index (χ1) is 8.70. The van der Waals surface area contributed by atoms with Gasteiger partial charge in [0.1, 0.15) is 10.8 Å². The Labute approximate surface area is 124 Å². The Balaban J connectivity index is 2.04. The number of halogens is 2. The molecule has 1 aromatic heterocycles. The van der Waals surface area contributed by atoms with Gasteiger partial charge in [-0.15, -0.1) is 11.8 Å². The summed E-state index contributed by atoms with van der Waals surface area (Å²) in [6.45, 7) is 0. The first-order valence-corrected chi connectivity index (χ1v) is 7.42. The number of ether oxygens (including phenoxy) is 1. The largest absolute Gasteiger partial charge is 0.497 e. The van der Waals surface area contributed by atoms with Crippen LogP contribution in [0.2, 0.25) is 5.02 Å².